The van der Waals surface area contributed by atoms with Crippen LogP contribution in [0, 0.1) is 5.92 Å². The fourth-order valence-electron chi connectivity index (χ4n) is 2.53. The molecule has 1 aliphatic carbocycles. The number of Topliss-reactive ketones (excluding diaryl/α,β-unsaturated/α-hetero) is 1. The maximum atomic E-state index is 12.0. The van der Waals surface area contributed by atoms with Crippen molar-refractivity contribution in [2.24, 2.45) is 5.92 Å². The van der Waals surface area contributed by atoms with Gasteiger partial charge in [0.25, 0.3) is 0 Å². The number of carbonyl (C=O) groups is 1. The number of halogens is 1. The van der Waals surface area contributed by atoms with E-state index in [4.69, 9.17) is 17.3 Å². The van der Waals surface area contributed by atoms with E-state index in [1.54, 1.807) is 18.2 Å². The van der Waals surface area contributed by atoms with Gasteiger partial charge in [-0.1, -0.05) is 37.3 Å². The van der Waals surface area contributed by atoms with Crippen molar-refractivity contribution in [3.05, 3.63) is 28.8 Å². The van der Waals surface area contributed by atoms with Gasteiger partial charge in [-0.2, -0.15) is 0 Å². The van der Waals surface area contributed by atoms with Crippen molar-refractivity contribution in [1.29, 1.82) is 0 Å². The van der Waals surface area contributed by atoms with Crippen molar-refractivity contribution in [2.75, 3.05) is 5.73 Å². The average molecular weight is 252 g/mol. The fraction of sp³-hybridized carbons (Fsp3) is 0.500. The highest BCUT2D eigenvalue weighted by Gasteiger charge is 2.17. The number of hydrogen-bond donors (Lipinski definition) is 1. The summed E-state index contributed by atoms with van der Waals surface area (Å²) < 4.78 is 0. The summed E-state index contributed by atoms with van der Waals surface area (Å²) in [5.74, 6) is 0.883. The highest BCUT2D eigenvalue weighted by molar-refractivity contribution is 6.34. The average Bonchev–Trinajstić information content (AvgIpc) is 2.78. The smallest absolute Gasteiger partial charge is 0.164 e. The molecule has 2 rings (SSSR count). The van der Waals surface area contributed by atoms with Crippen LogP contribution < -0.4 is 5.73 Å². The Morgan fingerprint density at radius 3 is 2.71 bits per heavy atom. The zero-order valence-corrected chi connectivity index (χ0v) is 10.7. The first kappa shape index (κ1) is 12.4. The SMILES string of the molecule is Nc1ccc(C(=O)CCC2CCCC2)c(Cl)c1. The number of hydrogen-bond acceptors (Lipinski definition) is 2. The number of nitrogens with two attached hydrogens (primary N) is 1. The Morgan fingerprint density at radius 1 is 1.35 bits per heavy atom. The minimum atomic E-state index is 0.141. The lowest BCUT2D eigenvalue weighted by Gasteiger charge is -2.08. The second kappa shape index (κ2) is 5.54. The van der Waals surface area contributed by atoms with Crippen molar-refractivity contribution < 1.29 is 4.79 Å². The minimum absolute atomic E-state index is 0.141. The minimum Gasteiger partial charge on any atom is -0.399 e. The summed E-state index contributed by atoms with van der Waals surface area (Å²) in [5, 5.41) is 0.474. The molecule has 3 heteroatoms. The van der Waals surface area contributed by atoms with Crippen LogP contribution in [0.5, 0.6) is 0 Å². The molecule has 92 valence electrons. The Morgan fingerprint density at radius 2 is 2.06 bits per heavy atom. The lowest BCUT2D eigenvalue weighted by Crippen LogP contribution is -2.04. The predicted octanol–water partition coefficient (Wildman–Crippen LogP) is 4.08. The first-order valence-electron chi connectivity index (χ1n) is 6.25. The quantitative estimate of drug-likeness (QED) is 0.647. The van der Waals surface area contributed by atoms with Gasteiger partial charge in [0.2, 0.25) is 0 Å². The molecule has 1 aromatic carbocycles. The third-order valence-corrected chi connectivity index (χ3v) is 3.86. The number of rotatable bonds is 4. The monoisotopic (exact) mass is 251 g/mol. The van der Waals surface area contributed by atoms with E-state index >= 15 is 0 Å². The van der Waals surface area contributed by atoms with E-state index in [1.807, 2.05) is 0 Å². The van der Waals surface area contributed by atoms with Crippen LogP contribution in [0.1, 0.15) is 48.9 Å². The van der Waals surface area contributed by atoms with Crippen molar-refractivity contribution in [3.63, 3.8) is 0 Å². The van der Waals surface area contributed by atoms with Crippen LogP contribution in [0.15, 0.2) is 18.2 Å². The van der Waals surface area contributed by atoms with Crippen LogP contribution in [-0.4, -0.2) is 5.78 Å². The molecule has 0 aromatic heterocycles. The van der Waals surface area contributed by atoms with Crippen molar-refractivity contribution >= 4 is 23.1 Å². The topological polar surface area (TPSA) is 43.1 Å². The number of ketones is 1. The molecule has 1 saturated carbocycles. The van der Waals surface area contributed by atoms with Gasteiger partial charge in [0.1, 0.15) is 0 Å². The lowest BCUT2D eigenvalue weighted by atomic mass is 9.97. The molecule has 0 aliphatic heterocycles. The Labute approximate surface area is 107 Å². The molecule has 0 bridgehead atoms. The first-order valence-corrected chi connectivity index (χ1v) is 6.63. The molecule has 0 spiro atoms. The highest BCUT2D eigenvalue weighted by Crippen LogP contribution is 2.29. The van der Waals surface area contributed by atoms with E-state index in [9.17, 15) is 4.79 Å². The van der Waals surface area contributed by atoms with Gasteiger partial charge >= 0.3 is 0 Å². The van der Waals surface area contributed by atoms with Crippen LogP contribution >= 0.6 is 11.6 Å². The van der Waals surface area contributed by atoms with Gasteiger partial charge in [-0.25, -0.2) is 0 Å². The standard InChI is InChI=1S/C14H18ClNO/c15-13-9-11(16)6-7-12(13)14(17)8-5-10-3-1-2-4-10/h6-7,9-10H,1-5,8,16H2. The van der Waals surface area contributed by atoms with E-state index in [0.717, 1.165) is 12.3 Å². The number of nitrogen functional groups attached to an aromatic ring is 1. The van der Waals surface area contributed by atoms with E-state index in [2.05, 4.69) is 0 Å². The largest absolute Gasteiger partial charge is 0.399 e. The van der Waals surface area contributed by atoms with Crippen LogP contribution in [0.3, 0.4) is 0 Å². The third kappa shape index (κ3) is 3.22. The van der Waals surface area contributed by atoms with E-state index in [0.29, 0.717) is 22.7 Å². The van der Waals surface area contributed by atoms with Crippen molar-refractivity contribution in [2.45, 2.75) is 38.5 Å². The molecule has 0 heterocycles. The van der Waals surface area contributed by atoms with Gasteiger partial charge in [0.05, 0.1) is 5.02 Å². The highest BCUT2D eigenvalue weighted by atomic mass is 35.5. The van der Waals surface area contributed by atoms with Crippen LogP contribution in [0.2, 0.25) is 5.02 Å². The maximum Gasteiger partial charge on any atom is 0.164 e. The third-order valence-electron chi connectivity index (χ3n) is 3.55. The molecule has 0 atom stereocenters. The second-order valence-electron chi connectivity index (χ2n) is 4.85. The summed E-state index contributed by atoms with van der Waals surface area (Å²) in [4.78, 5) is 12.0. The van der Waals surface area contributed by atoms with Gasteiger partial charge in [0, 0.05) is 17.7 Å². The van der Waals surface area contributed by atoms with Gasteiger partial charge in [-0.3, -0.25) is 4.79 Å². The molecule has 0 unspecified atom stereocenters. The van der Waals surface area contributed by atoms with Crippen molar-refractivity contribution in [3.8, 4) is 0 Å². The molecule has 0 radical (unpaired) electrons. The molecule has 2 nitrogen and oxygen atoms in total. The normalized spacial score (nSPS) is 16.3. The Kier molecular flexibility index (Phi) is 4.06. The second-order valence-corrected chi connectivity index (χ2v) is 5.26. The van der Waals surface area contributed by atoms with Gasteiger partial charge in [0.15, 0.2) is 5.78 Å². The predicted molar refractivity (Wildman–Crippen MR) is 71.4 cm³/mol. The Balaban J connectivity index is 1.94. The summed E-state index contributed by atoms with van der Waals surface area (Å²) >= 11 is 6.02. The first-order chi connectivity index (χ1) is 8.16. The van der Waals surface area contributed by atoms with Crippen LogP contribution in [0.4, 0.5) is 5.69 Å². The number of benzene rings is 1. The Hall–Kier alpha value is -1.02. The molecule has 2 N–H and O–H groups in total. The van der Waals surface area contributed by atoms with Crippen LogP contribution in [-0.2, 0) is 0 Å². The van der Waals surface area contributed by atoms with Crippen LogP contribution in [0.25, 0.3) is 0 Å². The van der Waals surface area contributed by atoms with E-state index in [1.165, 1.54) is 25.7 Å². The molecule has 1 fully saturated rings. The zero-order chi connectivity index (χ0) is 12.3. The molecule has 1 aliphatic rings. The molecule has 17 heavy (non-hydrogen) atoms. The molecular formula is C14H18ClNO. The van der Waals surface area contributed by atoms with E-state index < -0.39 is 0 Å². The summed E-state index contributed by atoms with van der Waals surface area (Å²) in [7, 11) is 0. The van der Waals surface area contributed by atoms with Gasteiger partial charge < -0.3 is 5.73 Å². The lowest BCUT2D eigenvalue weighted by molar-refractivity contribution is 0.0974. The number of anilines is 1. The van der Waals surface area contributed by atoms with Gasteiger partial charge in [-0.05, 0) is 30.5 Å². The molecular weight excluding hydrogens is 234 g/mol. The Bertz CT molecular complexity index is 411. The number of carbonyl (C=O) groups excluding carboxylic acids is 1. The van der Waals surface area contributed by atoms with Crippen molar-refractivity contribution in [1.82, 2.24) is 0 Å². The summed E-state index contributed by atoms with van der Waals surface area (Å²) in [6.45, 7) is 0. The van der Waals surface area contributed by atoms with Gasteiger partial charge in [-0.15, -0.1) is 0 Å². The van der Waals surface area contributed by atoms with E-state index in [-0.39, 0.29) is 5.78 Å². The fourth-order valence-corrected chi connectivity index (χ4v) is 2.82. The maximum absolute atomic E-state index is 12.0. The molecule has 0 amide bonds. The molecule has 0 saturated heterocycles. The summed E-state index contributed by atoms with van der Waals surface area (Å²) in [6.07, 6.45) is 6.81. The molecule has 1 aromatic rings. The zero-order valence-electron chi connectivity index (χ0n) is 9.92. The summed E-state index contributed by atoms with van der Waals surface area (Å²) in [5.41, 5.74) is 6.81. The summed E-state index contributed by atoms with van der Waals surface area (Å²) in [6, 6.07) is 5.10.